The van der Waals surface area contributed by atoms with Gasteiger partial charge in [0.05, 0.1) is 15.2 Å². The van der Waals surface area contributed by atoms with E-state index < -0.39 is 0 Å². The lowest BCUT2D eigenvalue weighted by Gasteiger charge is -2.04. The molecule has 2 aromatic carbocycles. The lowest BCUT2D eigenvalue weighted by atomic mass is 10.1. The molecule has 4 heteroatoms. The first kappa shape index (κ1) is 14.7. The lowest BCUT2D eigenvalue weighted by Crippen LogP contribution is -2.25. The molecule has 0 spiro atoms. The van der Waals surface area contributed by atoms with Gasteiger partial charge in [-0.3, -0.25) is 4.79 Å². The summed E-state index contributed by atoms with van der Waals surface area (Å²) < 4.78 is 1.20. The van der Waals surface area contributed by atoms with E-state index in [0.717, 1.165) is 23.4 Å². The number of rotatable bonds is 6. The van der Waals surface area contributed by atoms with E-state index in [1.165, 1.54) is 10.3 Å². The van der Waals surface area contributed by atoms with Crippen molar-refractivity contribution < 1.29 is 4.79 Å². The number of amides is 1. The van der Waals surface area contributed by atoms with Crippen molar-refractivity contribution in [2.24, 2.45) is 0 Å². The standard InChI is InChI=1S/C18H18N2OS/c21-17(11-10-14-6-2-1-3-7-14)19-13-12-18-20-15-8-4-5-9-16(15)22-18/h1-9H,10-13H2,(H,19,21). The average molecular weight is 310 g/mol. The molecule has 1 amide bonds. The number of carbonyl (C=O) groups is 1. The number of aryl methyl sites for hydroxylation is 1. The van der Waals surface area contributed by atoms with E-state index in [2.05, 4.69) is 28.5 Å². The van der Waals surface area contributed by atoms with E-state index >= 15 is 0 Å². The Morgan fingerprint density at radius 2 is 1.77 bits per heavy atom. The summed E-state index contributed by atoms with van der Waals surface area (Å²) in [6.07, 6.45) is 2.11. The van der Waals surface area contributed by atoms with Gasteiger partial charge in [0.2, 0.25) is 5.91 Å². The Morgan fingerprint density at radius 1 is 1.00 bits per heavy atom. The molecule has 0 saturated heterocycles. The molecule has 1 aromatic heterocycles. The molecule has 0 atom stereocenters. The number of fused-ring (bicyclic) bond motifs is 1. The molecule has 3 nitrogen and oxygen atoms in total. The highest BCUT2D eigenvalue weighted by molar-refractivity contribution is 7.18. The zero-order chi connectivity index (χ0) is 15.2. The number of aromatic nitrogens is 1. The summed E-state index contributed by atoms with van der Waals surface area (Å²) in [5.41, 5.74) is 2.24. The van der Waals surface area contributed by atoms with Crippen LogP contribution in [0.3, 0.4) is 0 Å². The van der Waals surface area contributed by atoms with Gasteiger partial charge in [-0.25, -0.2) is 4.98 Å². The molecule has 0 fully saturated rings. The summed E-state index contributed by atoms with van der Waals surface area (Å²) >= 11 is 1.70. The van der Waals surface area contributed by atoms with Crippen molar-refractivity contribution >= 4 is 27.5 Å². The van der Waals surface area contributed by atoms with Crippen LogP contribution in [0.1, 0.15) is 17.0 Å². The van der Waals surface area contributed by atoms with Crippen LogP contribution in [0.2, 0.25) is 0 Å². The molecule has 0 aliphatic carbocycles. The fourth-order valence-corrected chi connectivity index (χ4v) is 3.29. The Hall–Kier alpha value is -2.20. The Balaban J connectivity index is 1.43. The highest BCUT2D eigenvalue weighted by Gasteiger charge is 2.05. The molecule has 0 radical (unpaired) electrons. The summed E-state index contributed by atoms with van der Waals surface area (Å²) in [5.74, 6) is 0.102. The zero-order valence-electron chi connectivity index (χ0n) is 12.3. The van der Waals surface area contributed by atoms with Crippen LogP contribution in [0.15, 0.2) is 54.6 Å². The number of nitrogens with one attached hydrogen (secondary N) is 1. The number of thiazole rings is 1. The van der Waals surface area contributed by atoms with Crippen molar-refractivity contribution in [3.63, 3.8) is 0 Å². The van der Waals surface area contributed by atoms with Crippen molar-refractivity contribution in [3.05, 3.63) is 65.2 Å². The summed E-state index contributed by atoms with van der Waals surface area (Å²) in [4.78, 5) is 16.4. The maximum absolute atomic E-state index is 11.9. The second-order valence-corrected chi connectivity index (χ2v) is 6.28. The highest BCUT2D eigenvalue weighted by Crippen LogP contribution is 2.21. The minimum Gasteiger partial charge on any atom is -0.356 e. The molecule has 1 heterocycles. The fourth-order valence-electron chi connectivity index (χ4n) is 2.33. The first-order valence-corrected chi connectivity index (χ1v) is 8.28. The van der Waals surface area contributed by atoms with Crippen LogP contribution < -0.4 is 5.32 Å². The Bertz CT molecular complexity index is 719. The van der Waals surface area contributed by atoms with Crippen LogP contribution in [-0.4, -0.2) is 17.4 Å². The molecule has 3 aromatic rings. The second-order valence-electron chi connectivity index (χ2n) is 5.16. The normalized spacial score (nSPS) is 10.7. The SMILES string of the molecule is O=C(CCc1ccccc1)NCCc1nc2ccccc2s1. The summed E-state index contributed by atoms with van der Waals surface area (Å²) in [6.45, 7) is 0.646. The predicted octanol–water partition coefficient (Wildman–Crippen LogP) is 3.59. The molecule has 0 saturated carbocycles. The molecule has 0 bridgehead atoms. The van der Waals surface area contributed by atoms with Crippen molar-refractivity contribution in [1.29, 1.82) is 0 Å². The van der Waals surface area contributed by atoms with Gasteiger partial charge in [0, 0.05) is 19.4 Å². The largest absolute Gasteiger partial charge is 0.356 e. The molecule has 0 aliphatic heterocycles. The summed E-state index contributed by atoms with van der Waals surface area (Å²) in [7, 11) is 0. The Labute approximate surface area is 134 Å². The maximum atomic E-state index is 11.9. The maximum Gasteiger partial charge on any atom is 0.220 e. The minimum atomic E-state index is 0.102. The minimum absolute atomic E-state index is 0.102. The molecule has 0 aliphatic rings. The van der Waals surface area contributed by atoms with Gasteiger partial charge in [-0.2, -0.15) is 0 Å². The fraction of sp³-hybridized carbons (Fsp3) is 0.222. The van der Waals surface area contributed by atoms with E-state index in [4.69, 9.17) is 0 Å². The number of benzene rings is 2. The first-order chi connectivity index (χ1) is 10.8. The van der Waals surface area contributed by atoms with Gasteiger partial charge < -0.3 is 5.32 Å². The van der Waals surface area contributed by atoms with E-state index in [-0.39, 0.29) is 5.91 Å². The van der Waals surface area contributed by atoms with Crippen molar-refractivity contribution in [1.82, 2.24) is 10.3 Å². The predicted molar refractivity (Wildman–Crippen MR) is 91.1 cm³/mol. The Kier molecular flexibility index (Phi) is 4.81. The van der Waals surface area contributed by atoms with E-state index in [9.17, 15) is 4.79 Å². The molecular formula is C18H18N2OS. The smallest absolute Gasteiger partial charge is 0.220 e. The van der Waals surface area contributed by atoms with E-state index in [1.54, 1.807) is 11.3 Å². The topological polar surface area (TPSA) is 42.0 Å². The van der Waals surface area contributed by atoms with Crippen LogP contribution in [0, 0.1) is 0 Å². The van der Waals surface area contributed by atoms with Gasteiger partial charge >= 0.3 is 0 Å². The van der Waals surface area contributed by atoms with Crippen LogP contribution in [0.5, 0.6) is 0 Å². The second kappa shape index (κ2) is 7.18. The Morgan fingerprint density at radius 3 is 2.59 bits per heavy atom. The summed E-state index contributed by atoms with van der Waals surface area (Å²) in [6, 6.07) is 18.2. The van der Waals surface area contributed by atoms with Gasteiger partial charge in [-0.15, -0.1) is 11.3 Å². The summed E-state index contributed by atoms with van der Waals surface area (Å²) in [5, 5.41) is 4.05. The molecule has 0 unspecified atom stereocenters. The van der Waals surface area contributed by atoms with Gasteiger partial charge in [-0.05, 0) is 24.1 Å². The molecular weight excluding hydrogens is 292 g/mol. The average Bonchev–Trinajstić information content (AvgIpc) is 2.96. The number of carbonyl (C=O) groups excluding carboxylic acids is 1. The lowest BCUT2D eigenvalue weighted by molar-refractivity contribution is -0.121. The van der Waals surface area contributed by atoms with Crippen LogP contribution in [0.25, 0.3) is 10.2 Å². The number of hydrogen-bond acceptors (Lipinski definition) is 3. The van der Waals surface area contributed by atoms with Gasteiger partial charge in [-0.1, -0.05) is 42.5 Å². The van der Waals surface area contributed by atoms with E-state index in [1.807, 2.05) is 36.4 Å². The number of nitrogens with zero attached hydrogens (tertiary/aromatic N) is 1. The van der Waals surface area contributed by atoms with Crippen LogP contribution in [0.4, 0.5) is 0 Å². The van der Waals surface area contributed by atoms with Gasteiger partial charge in [0.15, 0.2) is 0 Å². The molecule has 22 heavy (non-hydrogen) atoms. The van der Waals surface area contributed by atoms with Gasteiger partial charge in [0.1, 0.15) is 0 Å². The third kappa shape index (κ3) is 3.92. The number of para-hydroxylation sites is 1. The zero-order valence-corrected chi connectivity index (χ0v) is 13.1. The van der Waals surface area contributed by atoms with Crippen molar-refractivity contribution in [2.75, 3.05) is 6.54 Å². The van der Waals surface area contributed by atoms with Crippen LogP contribution >= 0.6 is 11.3 Å². The van der Waals surface area contributed by atoms with Gasteiger partial charge in [0.25, 0.3) is 0 Å². The first-order valence-electron chi connectivity index (χ1n) is 7.46. The monoisotopic (exact) mass is 310 g/mol. The quantitative estimate of drug-likeness (QED) is 0.756. The third-order valence-corrected chi connectivity index (χ3v) is 4.58. The molecule has 1 N–H and O–H groups in total. The van der Waals surface area contributed by atoms with Crippen molar-refractivity contribution in [3.8, 4) is 0 Å². The third-order valence-electron chi connectivity index (χ3n) is 3.48. The molecule has 112 valence electrons. The highest BCUT2D eigenvalue weighted by atomic mass is 32.1. The molecule has 3 rings (SSSR count). The number of hydrogen-bond donors (Lipinski definition) is 1. The van der Waals surface area contributed by atoms with E-state index in [0.29, 0.717) is 13.0 Å². The van der Waals surface area contributed by atoms with Crippen molar-refractivity contribution in [2.45, 2.75) is 19.3 Å². The van der Waals surface area contributed by atoms with Crippen LogP contribution in [-0.2, 0) is 17.6 Å².